The number of para-hydroxylation sites is 1. The molecule has 1 aliphatic rings. The van der Waals surface area contributed by atoms with E-state index in [-0.39, 0.29) is 11.7 Å². The average Bonchev–Trinajstić information content (AvgIpc) is 3.17. The number of rotatable bonds is 5. The van der Waals surface area contributed by atoms with Crippen LogP contribution in [-0.2, 0) is 6.42 Å². The Balaban J connectivity index is 1.31. The highest BCUT2D eigenvalue weighted by atomic mass is 19.1. The van der Waals surface area contributed by atoms with Gasteiger partial charge in [0.05, 0.1) is 5.69 Å². The number of benzene rings is 1. The lowest BCUT2D eigenvalue weighted by molar-refractivity contribution is 0.0919. The van der Waals surface area contributed by atoms with Gasteiger partial charge in [0.25, 0.3) is 5.91 Å². The Hall–Kier alpha value is -2.96. The van der Waals surface area contributed by atoms with Gasteiger partial charge in [0.2, 0.25) is 0 Å². The summed E-state index contributed by atoms with van der Waals surface area (Å²) < 4.78 is 20.1. The highest BCUT2D eigenvalue weighted by Gasteiger charge is 2.24. The Bertz CT molecular complexity index is 946. The van der Waals surface area contributed by atoms with Crippen LogP contribution in [0.4, 0.5) is 10.2 Å². The van der Waals surface area contributed by atoms with E-state index in [1.807, 2.05) is 36.1 Å². The minimum atomic E-state index is -0.318. The Morgan fingerprint density at radius 2 is 2.07 bits per heavy atom. The van der Waals surface area contributed by atoms with Crippen molar-refractivity contribution in [2.45, 2.75) is 26.2 Å². The maximum absolute atomic E-state index is 14.4. The number of halogens is 1. The fourth-order valence-corrected chi connectivity index (χ4v) is 3.63. The molecule has 0 unspecified atom stereocenters. The van der Waals surface area contributed by atoms with Crippen LogP contribution in [0.15, 0.2) is 41.1 Å². The number of carbonyl (C=O) groups is 1. The molecule has 1 aromatic carbocycles. The lowest BCUT2D eigenvalue weighted by Crippen LogP contribution is -2.39. The monoisotopic (exact) mass is 382 g/mol. The van der Waals surface area contributed by atoms with Crippen LogP contribution in [0.2, 0.25) is 0 Å². The van der Waals surface area contributed by atoms with Gasteiger partial charge in [0, 0.05) is 25.0 Å². The van der Waals surface area contributed by atoms with Gasteiger partial charge >= 0.3 is 0 Å². The summed E-state index contributed by atoms with van der Waals surface area (Å²) in [7, 11) is 0. The molecule has 1 N–H and O–H groups in total. The van der Waals surface area contributed by atoms with Gasteiger partial charge in [0.1, 0.15) is 11.9 Å². The number of aryl methyl sites for hydroxylation is 1. The Morgan fingerprint density at radius 3 is 2.82 bits per heavy atom. The molecule has 3 aromatic rings. The third kappa shape index (κ3) is 3.69. The first-order valence-corrected chi connectivity index (χ1v) is 9.66. The summed E-state index contributed by atoms with van der Waals surface area (Å²) in [6.07, 6.45) is 3.71. The summed E-state index contributed by atoms with van der Waals surface area (Å²) >= 11 is 0. The zero-order valence-electron chi connectivity index (χ0n) is 15.8. The number of hydrogen-bond acceptors (Lipinski definition) is 5. The molecule has 2 aromatic heterocycles. The number of fused-ring (bicyclic) bond motifs is 1. The smallest absolute Gasteiger partial charge is 0.287 e. The fraction of sp³-hybridized carbons (Fsp3) is 0.381. The summed E-state index contributed by atoms with van der Waals surface area (Å²) in [6, 6.07) is 9.32. The van der Waals surface area contributed by atoms with E-state index >= 15 is 0 Å². The number of carbonyl (C=O) groups excluding carboxylic acids is 1. The van der Waals surface area contributed by atoms with Crippen LogP contribution in [0.25, 0.3) is 11.0 Å². The first-order chi connectivity index (χ1) is 13.7. The minimum absolute atomic E-state index is 0.201. The second kappa shape index (κ2) is 7.96. The van der Waals surface area contributed by atoms with Crippen LogP contribution in [0.3, 0.4) is 0 Å². The number of furan rings is 1. The number of nitrogens with zero attached hydrogens (tertiary/aromatic N) is 3. The van der Waals surface area contributed by atoms with E-state index in [0.717, 1.165) is 18.2 Å². The summed E-state index contributed by atoms with van der Waals surface area (Å²) in [4.78, 5) is 22.5. The lowest BCUT2D eigenvalue weighted by Gasteiger charge is -2.33. The zero-order valence-corrected chi connectivity index (χ0v) is 15.8. The predicted octanol–water partition coefficient (Wildman–Crippen LogP) is 3.57. The van der Waals surface area contributed by atoms with Crippen molar-refractivity contribution in [3.63, 3.8) is 0 Å². The van der Waals surface area contributed by atoms with Gasteiger partial charge in [-0.15, -0.1) is 0 Å². The molecule has 0 atom stereocenters. The van der Waals surface area contributed by atoms with Crippen LogP contribution >= 0.6 is 0 Å². The topological polar surface area (TPSA) is 71.3 Å². The largest absolute Gasteiger partial charge is 0.451 e. The van der Waals surface area contributed by atoms with Crippen LogP contribution in [0.5, 0.6) is 0 Å². The fourth-order valence-electron chi connectivity index (χ4n) is 3.63. The minimum Gasteiger partial charge on any atom is -0.451 e. The second-order valence-corrected chi connectivity index (χ2v) is 7.10. The molecule has 0 saturated carbocycles. The SMILES string of the molecule is CCc1ncnc(N2CCC(CNC(=O)c3cc4ccccc4o3)CC2)c1F. The van der Waals surface area contributed by atoms with E-state index in [2.05, 4.69) is 15.3 Å². The molecule has 1 saturated heterocycles. The summed E-state index contributed by atoms with van der Waals surface area (Å²) in [5.41, 5.74) is 1.16. The molecule has 1 aliphatic heterocycles. The highest BCUT2D eigenvalue weighted by Crippen LogP contribution is 2.25. The third-order valence-electron chi connectivity index (χ3n) is 5.29. The first kappa shape index (κ1) is 18.4. The number of piperidine rings is 1. The highest BCUT2D eigenvalue weighted by molar-refractivity contribution is 5.96. The van der Waals surface area contributed by atoms with Gasteiger partial charge in [-0.3, -0.25) is 4.79 Å². The van der Waals surface area contributed by atoms with Gasteiger partial charge in [-0.2, -0.15) is 0 Å². The zero-order chi connectivity index (χ0) is 19.5. The molecule has 7 heteroatoms. The number of nitrogens with one attached hydrogen (secondary N) is 1. The standard InChI is InChI=1S/C21H23FN4O2/c1-2-16-19(22)20(25-13-24-16)26-9-7-14(8-10-26)12-23-21(27)18-11-15-5-3-4-6-17(15)28-18/h3-6,11,13-14H,2,7-10,12H2,1H3,(H,23,27). The van der Waals surface area contributed by atoms with Crippen molar-refractivity contribution in [3.8, 4) is 0 Å². The summed E-state index contributed by atoms with van der Waals surface area (Å²) in [5.74, 6) is 0.542. The molecular formula is C21H23FN4O2. The quantitative estimate of drug-likeness (QED) is 0.730. The molecule has 4 rings (SSSR count). The van der Waals surface area contributed by atoms with Gasteiger partial charge < -0.3 is 14.6 Å². The molecule has 146 valence electrons. The summed E-state index contributed by atoms with van der Waals surface area (Å²) in [6.45, 7) is 3.88. The van der Waals surface area contributed by atoms with Gasteiger partial charge in [0.15, 0.2) is 17.4 Å². The molecule has 0 aliphatic carbocycles. The first-order valence-electron chi connectivity index (χ1n) is 9.66. The average molecular weight is 382 g/mol. The molecule has 28 heavy (non-hydrogen) atoms. The lowest BCUT2D eigenvalue weighted by atomic mass is 9.96. The normalized spacial score (nSPS) is 15.1. The number of amides is 1. The van der Waals surface area contributed by atoms with E-state index in [1.165, 1.54) is 6.33 Å². The van der Waals surface area contributed by atoms with Crippen LogP contribution in [-0.4, -0.2) is 35.5 Å². The molecule has 3 heterocycles. The van der Waals surface area contributed by atoms with E-state index in [9.17, 15) is 9.18 Å². The molecule has 0 spiro atoms. The Labute approximate surface area is 162 Å². The van der Waals surface area contributed by atoms with E-state index in [0.29, 0.717) is 54.8 Å². The van der Waals surface area contributed by atoms with Crippen molar-refractivity contribution >= 4 is 22.7 Å². The van der Waals surface area contributed by atoms with Crippen molar-refractivity contribution in [1.29, 1.82) is 0 Å². The number of aromatic nitrogens is 2. The predicted molar refractivity (Wildman–Crippen MR) is 105 cm³/mol. The second-order valence-electron chi connectivity index (χ2n) is 7.10. The Morgan fingerprint density at radius 1 is 1.29 bits per heavy atom. The number of hydrogen-bond donors (Lipinski definition) is 1. The van der Waals surface area contributed by atoms with E-state index in [1.54, 1.807) is 6.07 Å². The van der Waals surface area contributed by atoms with E-state index < -0.39 is 0 Å². The maximum atomic E-state index is 14.4. The van der Waals surface area contributed by atoms with Gasteiger partial charge in [-0.1, -0.05) is 25.1 Å². The molecule has 6 nitrogen and oxygen atoms in total. The molecule has 0 bridgehead atoms. The molecule has 1 amide bonds. The number of anilines is 1. The molecular weight excluding hydrogens is 359 g/mol. The van der Waals surface area contributed by atoms with Crippen molar-refractivity contribution in [3.05, 3.63) is 53.9 Å². The van der Waals surface area contributed by atoms with Crippen LogP contribution in [0.1, 0.15) is 36.0 Å². The van der Waals surface area contributed by atoms with Crippen molar-refractivity contribution in [2.24, 2.45) is 5.92 Å². The van der Waals surface area contributed by atoms with Gasteiger partial charge in [-0.05, 0) is 37.3 Å². The van der Waals surface area contributed by atoms with Crippen LogP contribution in [0, 0.1) is 11.7 Å². The van der Waals surface area contributed by atoms with E-state index in [4.69, 9.17) is 4.42 Å². The van der Waals surface area contributed by atoms with Crippen LogP contribution < -0.4 is 10.2 Å². The maximum Gasteiger partial charge on any atom is 0.287 e. The Kier molecular flexibility index (Phi) is 5.23. The molecule has 0 radical (unpaired) electrons. The molecule has 1 fully saturated rings. The van der Waals surface area contributed by atoms with Crippen molar-refractivity contribution in [2.75, 3.05) is 24.5 Å². The third-order valence-corrected chi connectivity index (χ3v) is 5.29. The van der Waals surface area contributed by atoms with Gasteiger partial charge in [-0.25, -0.2) is 14.4 Å². The van der Waals surface area contributed by atoms with Crippen molar-refractivity contribution < 1.29 is 13.6 Å². The van der Waals surface area contributed by atoms with Crippen molar-refractivity contribution in [1.82, 2.24) is 15.3 Å². The summed E-state index contributed by atoms with van der Waals surface area (Å²) in [5, 5.41) is 3.88.